The molecule has 6 heteroatoms. The van der Waals surface area contributed by atoms with E-state index in [9.17, 15) is 13.2 Å². The third-order valence-electron chi connectivity index (χ3n) is 3.04. The van der Waals surface area contributed by atoms with Crippen molar-refractivity contribution in [2.45, 2.75) is 11.4 Å². The van der Waals surface area contributed by atoms with Crippen molar-refractivity contribution in [3.05, 3.63) is 60.2 Å². The molecule has 0 aliphatic rings. The molecule has 2 aromatic rings. The average Bonchev–Trinajstić information content (AvgIpc) is 2.49. The van der Waals surface area contributed by atoms with Gasteiger partial charge >= 0.3 is 0 Å². The van der Waals surface area contributed by atoms with Crippen LogP contribution in [0, 0.1) is 0 Å². The van der Waals surface area contributed by atoms with Gasteiger partial charge in [0.15, 0.2) is 0 Å². The summed E-state index contributed by atoms with van der Waals surface area (Å²) < 4.78 is 26.2. The number of hydrogen-bond donors (Lipinski definition) is 1. The molecule has 0 radical (unpaired) electrons. The summed E-state index contributed by atoms with van der Waals surface area (Å²) in [4.78, 5) is 10.5. The van der Waals surface area contributed by atoms with E-state index in [-0.39, 0.29) is 4.90 Å². The molecule has 2 aromatic carbocycles. The predicted molar refractivity (Wildman–Crippen MR) is 81.2 cm³/mol. The highest BCUT2D eigenvalue weighted by Gasteiger charge is 2.20. The normalized spacial score (nSPS) is 11.3. The van der Waals surface area contributed by atoms with Crippen molar-refractivity contribution in [2.75, 3.05) is 12.4 Å². The van der Waals surface area contributed by atoms with Crippen molar-refractivity contribution in [1.29, 1.82) is 0 Å². The molecule has 110 valence electrons. The van der Waals surface area contributed by atoms with Gasteiger partial charge in [0.25, 0.3) is 0 Å². The van der Waals surface area contributed by atoms with Crippen LogP contribution in [0.25, 0.3) is 0 Å². The molecule has 0 aliphatic heterocycles. The van der Waals surface area contributed by atoms with E-state index in [2.05, 4.69) is 5.32 Å². The first-order valence-electron chi connectivity index (χ1n) is 6.34. The van der Waals surface area contributed by atoms with E-state index in [1.54, 1.807) is 19.2 Å². The van der Waals surface area contributed by atoms with Crippen LogP contribution in [0.5, 0.6) is 0 Å². The maximum atomic E-state index is 12.4. The first kappa shape index (κ1) is 15.2. The summed E-state index contributed by atoms with van der Waals surface area (Å²) in [6, 6.07) is 15.4. The van der Waals surface area contributed by atoms with Gasteiger partial charge in [-0.2, -0.15) is 4.31 Å². The Labute approximate surface area is 124 Å². The summed E-state index contributed by atoms with van der Waals surface area (Å²) in [6.45, 7) is 0.303. The van der Waals surface area contributed by atoms with Crippen LogP contribution >= 0.6 is 0 Å². The number of benzene rings is 2. The highest BCUT2D eigenvalue weighted by molar-refractivity contribution is 7.89. The highest BCUT2D eigenvalue weighted by Crippen LogP contribution is 2.18. The predicted octanol–water partition coefficient (Wildman–Crippen LogP) is 2.08. The van der Waals surface area contributed by atoms with Crippen molar-refractivity contribution in [1.82, 2.24) is 4.31 Å². The van der Waals surface area contributed by atoms with E-state index >= 15 is 0 Å². The van der Waals surface area contributed by atoms with Gasteiger partial charge < -0.3 is 5.32 Å². The molecule has 5 nitrogen and oxygen atoms in total. The molecule has 0 spiro atoms. The second kappa shape index (κ2) is 6.51. The van der Waals surface area contributed by atoms with Gasteiger partial charge in [0.1, 0.15) is 0 Å². The van der Waals surface area contributed by atoms with E-state index in [0.29, 0.717) is 18.6 Å². The summed E-state index contributed by atoms with van der Waals surface area (Å²) in [5.74, 6) is 0. The largest absolute Gasteiger partial charge is 0.329 e. The minimum atomic E-state index is -3.55. The van der Waals surface area contributed by atoms with Crippen LogP contribution in [-0.2, 0) is 21.4 Å². The molecule has 0 aromatic heterocycles. The van der Waals surface area contributed by atoms with Crippen molar-refractivity contribution in [3.63, 3.8) is 0 Å². The second-order valence-corrected chi connectivity index (χ2v) is 6.58. The second-order valence-electron chi connectivity index (χ2n) is 4.53. The quantitative estimate of drug-likeness (QED) is 0.831. The van der Waals surface area contributed by atoms with Gasteiger partial charge in [-0.1, -0.05) is 30.3 Å². The Morgan fingerprint density at radius 2 is 1.67 bits per heavy atom. The lowest BCUT2D eigenvalue weighted by molar-refractivity contribution is -0.105. The topological polar surface area (TPSA) is 66.5 Å². The maximum absolute atomic E-state index is 12.4. The zero-order valence-electron chi connectivity index (χ0n) is 11.6. The molecule has 1 amide bonds. The van der Waals surface area contributed by atoms with Gasteiger partial charge in [-0.25, -0.2) is 8.42 Å². The van der Waals surface area contributed by atoms with Crippen LogP contribution in [0.3, 0.4) is 0 Å². The first-order valence-corrected chi connectivity index (χ1v) is 7.78. The van der Waals surface area contributed by atoms with Gasteiger partial charge in [0, 0.05) is 19.3 Å². The Balaban J connectivity index is 2.18. The molecule has 0 heterocycles. The standard InChI is InChI=1S/C15H16N2O3S/c1-17(11-13-5-3-2-4-6-13)21(19,20)15-9-7-14(8-10-15)16-12-18/h2-10,12H,11H2,1H3,(H,16,18). The number of hydrogen-bond acceptors (Lipinski definition) is 3. The van der Waals surface area contributed by atoms with E-state index in [4.69, 9.17) is 0 Å². The lowest BCUT2D eigenvalue weighted by atomic mass is 10.2. The Morgan fingerprint density at radius 1 is 1.05 bits per heavy atom. The number of sulfonamides is 1. The molecule has 0 aliphatic carbocycles. The Kier molecular flexibility index (Phi) is 4.72. The van der Waals surface area contributed by atoms with Crippen molar-refractivity contribution in [3.8, 4) is 0 Å². The summed E-state index contributed by atoms with van der Waals surface area (Å²) in [5, 5.41) is 2.47. The molecule has 0 saturated carbocycles. The van der Waals surface area contributed by atoms with Crippen LogP contribution < -0.4 is 5.32 Å². The van der Waals surface area contributed by atoms with E-state index < -0.39 is 10.0 Å². The van der Waals surface area contributed by atoms with Crippen LogP contribution in [-0.4, -0.2) is 26.2 Å². The molecular weight excluding hydrogens is 288 g/mol. The van der Waals surface area contributed by atoms with Crippen molar-refractivity contribution < 1.29 is 13.2 Å². The van der Waals surface area contributed by atoms with Gasteiger partial charge in [-0.3, -0.25) is 4.79 Å². The summed E-state index contributed by atoms with van der Waals surface area (Å²) in [6.07, 6.45) is 0.547. The molecular formula is C15H16N2O3S. The van der Waals surface area contributed by atoms with E-state index in [1.165, 1.54) is 16.4 Å². The third kappa shape index (κ3) is 3.68. The third-order valence-corrected chi connectivity index (χ3v) is 4.85. The smallest absolute Gasteiger partial charge is 0.243 e. The number of rotatable bonds is 6. The van der Waals surface area contributed by atoms with Gasteiger partial charge in [-0.15, -0.1) is 0 Å². The molecule has 21 heavy (non-hydrogen) atoms. The zero-order chi connectivity index (χ0) is 15.3. The average molecular weight is 304 g/mol. The molecule has 0 saturated heterocycles. The highest BCUT2D eigenvalue weighted by atomic mass is 32.2. The summed E-state index contributed by atoms with van der Waals surface area (Å²) >= 11 is 0. The maximum Gasteiger partial charge on any atom is 0.243 e. The fraction of sp³-hybridized carbons (Fsp3) is 0.133. The van der Waals surface area contributed by atoms with E-state index in [0.717, 1.165) is 5.56 Å². The van der Waals surface area contributed by atoms with Gasteiger partial charge in [0.2, 0.25) is 16.4 Å². The molecule has 2 rings (SSSR count). The van der Waals surface area contributed by atoms with E-state index in [1.807, 2.05) is 30.3 Å². The fourth-order valence-electron chi connectivity index (χ4n) is 1.90. The molecule has 0 atom stereocenters. The monoisotopic (exact) mass is 304 g/mol. The Hall–Kier alpha value is -2.18. The molecule has 0 unspecified atom stereocenters. The van der Waals surface area contributed by atoms with Crippen LogP contribution in [0.4, 0.5) is 5.69 Å². The SMILES string of the molecule is CN(Cc1ccccc1)S(=O)(=O)c1ccc(NC=O)cc1. The summed E-state index contributed by atoms with van der Waals surface area (Å²) in [5.41, 5.74) is 1.47. The number of carbonyl (C=O) groups excluding carboxylic acids is 1. The lowest BCUT2D eigenvalue weighted by Gasteiger charge is -2.17. The number of anilines is 1. The van der Waals surface area contributed by atoms with Gasteiger partial charge in [-0.05, 0) is 29.8 Å². The molecule has 1 N–H and O–H groups in total. The number of carbonyl (C=O) groups is 1. The minimum absolute atomic E-state index is 0.192. The number of amides is 1. The first-order chi connectivity index (χ1) is 10.0. The Morgan fingerprint density at radius 3 is 2.24 bits per heavy atom. The zero-order valence-corrected chi connectivity index (χ0v) is 12.4. The van der Waals surface area contributed by atoms with Crippen LogP contribution in [0.2, 0.25) is 0 Å². The van der Waals surface area contributed by atoms with Crippen molar-refractivity contribution >= 4 is 22.1 Å². The number of nitrogens with zero attached hydrogens (tertiary/aromatic N) is 1. The molecule has 0 bridgehead atoms. The minimum Gasteiger partial charge on any atom is -0.329 e. The molecule has 0 fully saturated rings. The number of nitrogens with one attached hydrogen (secondary N) is 1. The van der Waals surface area contributed by atoms with Crippen molar-refractivity contribution in [2.24, 2.45) is 0 Å². The fourth-order valence-corrected chi connectivity index (χ4v) is 3.06. The Bertz CT molecular complexity index is 697. The van der Waals surface area contributed by atoms with Crippen LogP contribution in [0.15, 0.2) is 59.5 Å². The van der Waals surface area contributed by atoms with Crippen LogP contribution in [0.1, 0.15) is 5.56 Å². The lowest BCUT2D eigenvalue weighted by Crippen LogP contribution is -2.26. The van der Waals surface area contributed by atoms with Gasteiger partial charge in [0.05, 0.1) is 4.90 Å². The summed E-state index contributed by atoms with van der Waals surface area (Å²) in [7, 11) is -2.01.